The summed E-state index contributed by atoms with van der Waals surface area (Å²) in [4.78, 5) is 20.9. The summed E-state index contributed by atoms with van der Waals surface area (Å²) in [5.41, 5.74) is 11.8. The van der Waals surface area contributed by atoms with E-state index in [0.29, 0.717) is 0 Å². The van der Waals surface area contributed by atoms with Gasteiger partial charge in [0.15, 0.2) is 0 Å². The standard InChI is InChI=1S/C54H32N4/c1-2-10-33(11-3-1)47-28-24-36-22-23-37-25-29-49(57-53(37)52(36)56-47)39-27-31-48-38(32-39)26-30-46(55-48)34-18-20-35(21-19-34)51-45-17-9-7-15-43(45)50-42-14-6-4-12-40(42)41-13-5-8-16-44(41)54(50)58-51/h1-32H. The van der Waals surface area contributed by atoms with Crippen LogP contribution in [-0.4, -0.2) is 19.9 Å². The lowest BCUT2D eigenvalue weighted by molar-refractivity contribution is 1.36. The maximum absolute atomic E-state index is 5.45. The average Bonchev–Trinajstić information content (AvgIpc) is 3.31. The van der Waals surface area contributed by atoms with E-state index in [4.69, 9.17) is 19.9 Å². The van der Waals surface area contributed by atoms with Crippen molar-refractivity contribution in [3.8, 4) is 45.0 Å². The maximum atomic E-state index is 5.45. The molecule has 0 saturated carbocycles. The summed E-state index contributed by atoms with van der Waals surface area (Å²) in [5, 5.41) is 11.6. The molecule has 0 saturated heterocycles. The van der Waals surface area contributed by atoms with Gasteiger partial charge in [0.05, 0.1) is 44.8 Å². The van der Waals surface area contributed by atoms with Crippen molar-refractivity contribution >= 4 is 75.9 Å². The molecule has 0 unspecified atom stereocenters. The molecule has 12 aromatic rings. The van der Waals surface area contributed by atoms with Crippen LogP contribution in [0.25, 0.3) is 121 Å². The van der Waals surface area contributed by atoms with Crippen LogP contribution in [-0.2, 0) is 0 Å². The predicted octanol–water partition coefficient (Wildman–Crippen LogP) is 14.0. The Kier molecular flexibility index (Phi) is 7.20. The van der Waals surface area contributed by atoms with Gasteiger partial charge < -0.3 is 0 Å². The van der Waals surface area contributed by atoms with E-state index in [2.05, 4.69) is 176 Å². The minimum Gasteiger partial charge on any atom is -0.248 e. The summed E-state index contributed by atoms with van der Waals surface area (Å²) >= 11 is 0. The first-order valence-corrected chi connectivity index (χ1v) is 19.6. The average molecular weight is 737 g/mol. The van der Waals surface area contributed by atoms with Crippen LogP contribution < -0.4 is 0 Å². The van der Waals surface area contributed by atoms with Gasteiger partial charge in [-0.05, 0) is 51.9 Å². The van der Waals surface area contributed by atoms with Crippen LogP contribution in [0.2, 0.25) is 0 Å². The van der Waals surface area contributed by atoms with Crippen LogP contribution in [0.1, 0.15) is 0 Å². The predicted molar refractivity (Wildman–Crippen MR) is 242 cm³/mol. The van der Waals surface area contributed by atoms with Crippen molar-refractivity contribution in [1.82, 2.24) is 19.9 Å². The monoisotopic (exact) mass is 736 g/mol. The number of aromatic nitrogens is 4. The quantitative estimate of drug-likeness (QED) is 0.169. The Morgan fingerprint density at radius 3 is 1.41 bits per heavy atom. The molecule has 0 fully saturated rings. The highest BCUT2D eigenvalue weighted by Crippen LogP contribution is 2.41. The third kappa shape index (κ3) is 5.16. The Hall–Kier alpha value is -7.82. The number of fused-ring (bicyclic) bond motifs is 12. The lowest BCUT2D eigenvalue weighted by Gasteiger charge is -2.15. The van der Waals surface area contributed by atoms with E-state index in [1.165, 1.54) is 32.3 Å². The first-order chi connectivity index (χ1) is 28.7. The smallest absolute Gasteiger partial charge is 0.0972 e. The van der Waals surface area contributed by atoms with E-state index in [0.717, 1.165) is 88.6 Å². The van der Waals surface area contributed by atoms with Crippen LogP contribution in [0.3, 0.4) is 0 Å². The second-order valence-electron chi connectivity index (χ2n) is 15.0. The van der Waals surface area contributed by atoms with E-state index < -0.39 is 0 Å². The van der Waals surface area contributed by atoms with Crippen molar-refractivity contribution in [2.45, 2.75) is 0 Å². The zero-order chi connectivity index (χ0) is 38.2. The van der Waals surface area contributed by atoms with Crippen LogP contribution in [0.5, 0.6) is 0 Å². The molecule has 8 aromatic carbocycles. The van der Waals surface area contributed by atoms with E-state index in [1.807, 2.05) is 18.2 Å². The van der Waals surface area contributed by atoms with Crippen molar-refractivity contribution < 1.29 is 0 Å². The third-order valence-corrected chi connectivity index (χ3v) is 11.6. The molecule has 0 N–H and O–H groups in total. The molecular formula is C54H32N4. The number of hydrogen-bond acceptors (Lipinski definition) is 4. The number of nitrogens with zero attached hydrogens (tertiary/aromatic N) is 4. The van der Waals surface area contributed by atoms with E-state index in [-0.39, 0.29) is 0 Å². The molecule has 268 valence electrons. The zero-order valence-electron chi connectivity index (χ0n) is 31.3. The van der Waals surface area contributed by atoms with Gasteiger partial charge >= 0.3 is 0 Å². The highest BCUT2D eigenvalue weighted by atomic mass is 14.8. The Morgan fingerprint density at radius 2 is 0.724 bits per heavy atom. The van der Waals surface area contributed by atoms with Crippen LogP contribution in [0.4, 0.5) is 0 Å². The summed E-state index contributed by atoms with van der Waals surface area (Å²) in [6.45, 7) is 0. The Balaban J connectivity index is 0.906. The minimum absolute atomic E-state index is 0.901. The molecule has 0 aliphatic carbocycles. The molecule has 12 rings (SSSR count). The summed E-state index contributed by atoms with van der Waals surface area (Å²) < 4.78 is 0. The molecule has 0 spiro atoms. The molecule has 58 heavy (non-hydrogen) atoms. The van der Waals surface area contributed by atoms with Crippen molar-refractivity contribution in [3.63, 3.8) is 0 Å². The Morgan fingerprint density at radius 1 is 0.259 bits per heavy atom. The van der Waals surface area contributed by atoms with Gasteiger partial charge in [0.1, 0.15) is 0 Å². The highest BCUT2D eigenvalue weighted by molar-refractivity contribution is 6.31. The van der Waals surface area contributed by atoms with Gasteiger partial charge in [0, 0.05) is 54.6 Å². The van der Waals surface area contributed by atoms with Gasteiger partial charge in [-0.15, -0.1) is 0 Å². The first-order valence-electron chi connectivity index (χ1n) is 19.6. The first kappa shape index (κ1) is 32.4. The largest absolute Gasteiger partial charge is 0.248 e. The molecule has 4 aromatic heterocycles. The highest BCUT2D eigenvalue weighted by Gasteiger charge is 2.17. The van der Waals surface area contributed by atoms with Crippen LogP contribution >= 0.6 is 0 Å². The lowest BCUT2D eigenvalue weighted by Crippen LogP contribution is -1.93. The van der Waals surface area contributed by atoms with Gasteiger partial charge in [-0.3, -0.25) is 0 Å². The normalized spacial score (nSPS) is 11.8. The fourth-order valence-corrected chi connectivity index (χ4v) is 8.75. The maximum Gasteiger partial charge on any atom is 0.0972 e. The van der Waals surface area contributed by atoms with Gasteiger partial charge in [-0.2, -0.15) is 0 Å². The molecule has 0 aliphatic heterocycles. The minimum atomic E-state index is 0.901. The Labute approximate surface area is 333 Å². The fourth-order valence-electron chi connectivity index (χ4n) is 8.75. The lowest BCUT2D eigenvalue weighted by atomic mass is 9.92. The topological polar surface area (TPSA) is 51.6 Å². The van der Waals surface area contributed by atoms with Gasteiger partial charge in [0.2, 0.25) is 0 Å². The molecule has 4 heterocycles. The molecule has 0 radical (unpaired) electrons. The molecule has 4 heteroatoms. The van der Waals surface area contributed by atoms with Gasteiger partial charge in [0.25, 0.3) is 0 Å². The summed E-state index contributed by atoms with van der Waals surface area (Å²) in [6, 6.07) is 68.4. The molecule has 0 aliphatic rings. The van der Waals surface area contributed by atoms with Crippen molar-refractivity contribution in [1.29, 1.82) is 0 Å². The Bertz CT molecular complexity index is 3610. The summed E-state index contributed by atoms with van der Waals surface area (Å²) in [6.07, 6.45) is 0. The fraction of sp³-hybridized carbons (Fsp3) is 0. The summed E-state index contributed by atoms with van der Waals surface area (Å²) in [5.74, 6) is 0. The van der Waals surface area contributed by atoms with Crippen molar-refractivity contribution in [2.24, 2.45) is 0 Å². The number of benzene rings is 8. The van der Waals surface area contributed by atoms with Crippen LogP contribution in [0.15, 0.2) is 194 Å². The SMILES string of the molecule is c1ccc(-c2ccc3ccc4ccc(-c5ccc6nc(-c7ccc(-c8nc9c%10ccccc%10c%10ccccc%10c9c9ccccc89)cc7)ccc6c5)nc4c3n2)cc1. The second-order valence-corrected chi connectivity index (χ2v) is 15.0. The van der Waals surface area contributed by atoms with Crippen molar-refractivity contribution in [2.75, 3.05) is 0 Å². The van der Waals surface area contributed by atoms with E-state index in [1.54, 1.807) is 0 Å². The van der Waals surface area contributed by atoms with Gasteiger partial charge in [-0.1, -0.05) is 164 Å². The zero-order valence-corrected chi connectivity index (χ0v) is 31.3. The van der Waals surface area contributed by atoms with Gasteiger partial charge in [-0.25, -0.2) is 19.9 Å². The number of pyridine rings is 4. The molecular weight excluding hydrogens is 705 g/mol. The second kappa shape index (κ2) is 12.9. The number of rotatable bonds is 4. The van der Waals surface area contributed by atoms with E-state index >= 15 is 0 Å². The van der Waals surface area contributed by atoms with Crippen LogP contribution in [0, 0.1) is 0 Å². The molecule has 0 atom stereocenters. The third-order valence-electron chi connectivity index (χ3n) is 11.6. The molecule has 0 bridgehead atoms. The number of hydrogen-bond donors (Lipinski definition) is 0. The summed E-state index contributed by atoms with van der Waals surface area (Å²) in [7, 11) is 0. The van der Waals surface area contributed by atoms with Crippen molar-refractivity contribution in [3.05, 3.63) is 194 Å². The molecule has 0 amide bonds. The molecule has 4 nitrogen and oxygen atoms in total. The van der Waals surface area contributed by atoms with E-state index in [9.17, 15) is 0 Å².